The average Bonchev–Trinajstić information content (AvgIpc) is 3.25. The van der Waals surface area contributed by atoms with Gasteiger partial charge in [-0.1, -0.05) is 23.7 Å². The molecule has 0 radical (unpaired) electrons. The predicted molar refractivity (Wildman–Crippen MR) is 108 cm³/mol. The molecule has 6 nitrogen and oxygen atoms in total. The lowest BCUT2D eigenvalue weighted by Gasteiger charge is -2.19. The average molecular weight is 441 g/mol. The van der Waals surface area contributed by atoms with E-state index >= 15 is 0 Å². The second-order valence-electron chi connectivity index (χ2n) is 6.76. The molecule has 0 atom stereocenters. The van der Waals surface area contributed by atoms with Gasteiger partial charge in [0.2, 0.25) is 10.0 Å². The first-order chi connectivity index (χ1) is 13.8. The van der Waals surface area contributed by atoms with Gasteiger partial charge in [0, 0.05) is 25.7 Å². The number of nitrogens with zero attached hydrogens (tertiary/aromatic N) is 2. The zero-order valence-electron chi connectivity index (χ0n) is 16.0. The van der Waals surface area contributed by atoms with E-state index in [0.29, 0.717) is 23.9 Å². The minimum atomic E-state index is -3.96. The smallest absolute Gasteiger partial charge is 0.253 e. The second kappa shape index (κ2) is 9.11. The quantitative estimate of drug-likeness (QED) is 0.661. The minimum Gasteiger partial charge on any atom is -0.490 e. The van der Waals surface area contributed by atoms with Crippen molar-refractivity contribution < 1.29 is 22.3 Å². The number of para-hydroxylation sites is 1. The van der Waals surface area contributed by atoms with E-state index in [2.05, 4.69) is 0 Å². The number of hydrogen-bond acceptors (Lipinski definition) is 4. The SMILES string of the molecule is CN(CCOc1ccccc1Cl)C(=O)c1ccc(F)c(S(=O)(=O)N2CCCC2)c1. The van der Waals surface area contributed by atoms with E-state index in [1.807, 2.05) is 0 Å². The van der Waals surface area contributed by atoms with Crippen LogP contribution in [0, 0.1) is 5.82 Å². The van der Waals surface area contributed by atoms with Crippen LogP contribution in [0.25, 0.3) is 0 Å². The van der Waals surface area contributed by atoms with Crippen LogP contribution in [0.4, 0.5) is 4.39 Å². The van der Waals surface area contributed by atoms with Gasteiger partial charge >= 0.3 is 0 Å². The number of rotatable bonds is 7. The molecule has 3 rings (SSSR count). The lowest BCUT2D eigenvalue weighted by molar-refractivity contribution is 0.0773. The van der Waals surface area contributed by atoms with Crippen LogP contribution in [0.1, 0.15) is 23.2 Å². The Kier molecular flexibility index (Phi) is 6.77. The fourth-order valence-corrected chi connectivity index (χ4v) is 4.88. The Morgan fingerprint density at radius 3 is 2.59 bits per heavy atom. The largest absolute Gasteiger partial charge is 0.490 e. The molecule has 0 aromatic heterocycles. The molecule has 0 bridgehead atoms. The Hall–Kier alpha value is -2.16. The first kappa shape index (κ1) is 21.5. The van der Waals surface area contributed by atoms with Crippen LogP contribution >= 0.6 is 11.6 Å². The van der Waals surface area contributed by atoms with Gasteiger partial charge in [-0.25, -0.2) is 12.8 Å². The molecule has 156 valence electrons. The van der Waals surface area contributed by atoms with E-state index in [-0.39, 0.29) is 18.7 Å². The van der Waals surface area contributed by atoms with Crippen molar-refractivity contribution in [3.05, 3.63) is 58.9 Å². The molecule has 0 N–H and O–H groups in total. The van der Waals surface area contributed by atoms with Gasteiger partial charge in [-0.3, -0.25) is 4.79 Å². The fourth-order valence-electron chi connectivity index (χ4n) is 3.08. The maximum atomic E-state index is 14.2. The van der Waals surface area contributed by atoms with Crippen LogP contribution in [0.5, 0.6) is 5.75 Å². The summed E-state index contributed by atoms with van der Waals surface area (Å²) in [6, 6.07) is 10.4. The first-order valence-electron chi connectivity index (χ1n) is 9.23. The number of amides is 1. The number of hydrogen-bond donors (Lipinski definition) is 0. The first-order valence-corrected chi connectivity index (χ1v) is 11.0. The number of benzene rings is 2. The molecule has 1 heterocycles. The number of carbonyl (C=O) groups excluding carboxylic acids is 1. The standard InChI is InChI=1S/C20H22ClFN2O4S/c1-23(12-13-28-18-7-3-2-6-16(18)21)20(25)15-8-9-17(22)19(14-15)29(26,27)24-10-4-5-11-24/h2-3,6-9,14H,4-5,10-13H2,1H3. The lowest BCUT2D eigenvalue weighted by Crippen LogP contribution is -2.32. The van der Waals surface area contributed by atoms with Crippen molar-refractivity contribution in [3.63, 3.8) is 0 Å². The molecule has 1 fully saturated rings. The van der Waals surface area contributed by atoms with Crippen molar-refractivity contribution >= 4 is 27.5 Å². The van der Waals surface area contributed by atoms with Crippen LogP contribution < -0.4 is 4.74 Å². The summed E-state index contributed by atoms with van der Waals surface area (Å²) in [5.74, 6) is -0.778. The Balaban J connectivity index is 1.69. The fraction of sp³-hybridized carbons (Fsp3) is 0.350. The zero-order chi connectivity index (χ0) is 21.0. The zero-order valence-corrected chi connectivity index (χ0v) is 17.5. The van der Waals surface area contributed by atoms with E-state index in [1.54, 1.807) is 31.3 Å². The maximum Gasteiger partial charge on any atom is 0.253 e. The summed E-state index contributed by atoms with van der Waals surface area (Å²) < 4.78 is 46.4. The maximum absolute atomic E-state index is 14.2. The molecule has 1 amide bonds. The summed E-state index contributed by atoms with van der Waals surface area (Å²) in [4.78, 5) is 13.6. The number of ether oxygens (including phenoxy) is 1. The van der Waals surface area contributed by atoms with Gasteiger partial charge in [-0.15, -0.1) is 0 Å². The molecule has 1 saturated heterocycles. The van der Waals surface area contributed by atoms with Crippen molar-refractivity contribution in [1.29, 1.82) is 0 Å². The van der Waals surface area contributed by atoms with Gasteiger partial charge in [0.15, 0.2) is 0 Å². The molecule has 2 aromatic carbocycles. The van der Waals surface area contributed by atoms with Crippen LogP contribution in [0.3, 0.4) is 0 Å². The topological polar surface area (TPSA) is 66.9 Å². The molecule has 2 aromatic rings. The van der Waals surface area contributed by atoms with Crippen LogP contribution in [0.2, 0.25) is 5.02 Å². The van der Waals surface area contributed by atoms with Crippen molar-refractivity contribution in [3.8, 4) is 5.75 Å². The highest BCUT2D eigenvalue weighted by molar-refractivity contribution is 7.89. The number of likely N-dealkylation sites (N-methyl/N-ethyl adjacent to an activating group) is 1. The van der Waals surface area contributed by atoms with Crippen molar-refractivity contribution in [2.75, 3.05) is 33.3 Å². The highest BCUT2D eigenvalue weighted by Gasteiger charge is 2.30. The van der Waals surface area contributed by atoms with E-state index in [9.17, 15) is 17.6 Å². The lowest BCUT2D eigenvalue weighted by atomic mass is 10.2. The van der Waals surface area contributed by atoms with E-state index < -0.39 is 26.6 Å². The molecule has 1 aliphatic heterocycles. The van der Waals surface area contributed by atoms with Crippen molar-refractivity contribution in [2.45, 2.75) is 17.7 Å². The highest BCUT2D eigenvalue weighted by Crippen LogP contribution is 2.25. The van der Waals surface area contributed by atoms with Crippen molar-refractivity contribution in [1.82, 2.24) is 9.21 Å². The van der Waals surface area contributed by atoms with Crippen LogP contribution in [-0.2, 0) is 10.0 Å². The number of halogens is 2. The van der Waals surface area contributed by atoms with Gasteiger partial charge in [-0.05, 0) is 43.2 Å². The minimum absolute atomic E-state index is 0.101. The summed E-state index contributed by atoms with van der Waals surface area (Å²) >= 11 is 6.02. The van der Waals surface area contributed by atoms with Crippen LogP contribution in [0.15, 0.2) is 47.4 Å². The Labute approximate surface area is 174 Å². The molecular weight excluding hydrogens is 419 g/mol. The normalized spacial score (nSPS) is 14.7. The molecule has 0 saturated carbocycles. The third-order valence-corrected chi connectivity index (χ3v) is 6.95. The summed E-state index contributed by atoms with van der Waals surface area (Å²) in [7, 11) is -2.39. The molecule has 29 heavy (non-hydrogen) atoms. The van der Waals surface area contributed by atoms with E-state index in [4.69, 9.17) is 16.3 Å². The summed E-state index contributed by atoms with van der Waals surface area (Å²) in [6.07, 6.45) is 1.49. The Bertz CT molecular complexity index is 994. The van der Waals surface area contributed by atoms with E-state index in [0.717, 1.165) is 25.0 Å². The third kappa shape index (κ3) is 4.88. The predicted octanol–water partition coefficient (Wildman–Crippen LogP) is 3.41. The van der Waals surface area contributed by atoms with Gasteiger partial charge in [-0.2, -0.15) is 4.31 Å². The molecule has 0 aliphatic carbocycles. The molecule has 0 unspecified atom stereocenters. The number of sulfonamides is 1. The third-order valence-electron chi connectivity index (χ3n) is 4.73. The van der Waals surface area contributed by atoms with Gasteiger partial charge in [0.05, 0.1) is 11.6 Å². The van der Waals surface area contributed by atoms with Gasteiger partial charge in [0.25, 0.3) is 5.91 Å². The van der Waals surface area contributed by atoms with Gasteiger partial charge < -0.3 is 9.64 Å². The molecule has 9 heteroatoms. The number of carbonyl (C=O) groups is 1. The highest BCUT2D eigenvalue weighted by atomic mass is 35.5. The molecule has 1 aliphatic rings. The molecule has 0 spiro atoms. The van der Waals surface area contributed by atoms with Crippen LogP contribution in [-0.4, -0.2) is 56.8 Å². The van der Waals surface area contributed by atoms with Gasteiger partial charge in [0.1, 0.15) is 23.1 Å². The molecular formula is C20H22ClFN2O4S. The second-order valence-corrected chi connectivity index (χ2v) is 9.08. The summed E-state index contributed by atoms with van der Waals surface area (Å²) in [5.41, 5.74) is 0.101. The summed E-state index contributed by atoms with van der Waals surface area (Å²) in [5, 5.41) is 0.469. The Morgan fingerprint density at radius 1 is 1.21 bits per heavy atom. The Morgan fingerprint density at radius 2 is 1.90 bits per heavy atom. The van der Waals surface area contributed by atoms with E-state index in [1.165, 1.54) is 15.3 Å². The van der Waals surface area contributed by atoms with Crippen molar-refractivity contribution in [2.24, 2.45) is 0 Å². The summed E-state index contributed by atoms with van der Waals surface area (Å²) in [6.45, 7) is 1.17. The monoisotopic (exact) mass is 440 g/mol.